The van der Waals surface area contributed by atoms with Crippen molar-refractivity contribution in [1.29, 1.82) is 0 Å². The fraction of sp³-hybridized carbons (Fsp3) is 0.208. The van der Waals surface area contributed by atoms with E-state index >= 15 is 4.39 Å². The summed E-state index contributed by atoms with van der Waals surface area (Å²) in [6.07, 6.45) is 3.27. The highest BCUT2D eigenvalue weighted by Crippen LogP contribution is 2.32. The summed E-state index contributed by atoms with van der Waals surface area (Å²) in [5.41, 5.74) is 10.5. The van der Waals surface area contributed by atoms with Crippen molar-refractivity contribution >= 4 is 22.4 Å². The second-order valence-corrected chi connectivity index (χ2v) is 7.72. The lowest BCUT2D eigenvalue weighted by molar-refractivity contribution is 0.0530. The molecule has 1 aliphatic heterocycles. The van der Waals surface area contributed by atoms with Crippen molar-refractivity contribution in [3.05, 3.63) is 66.9 Å². The van der Waals surface area contributed by atoms with Crippen LogP contribution in [0.15, 0.2) is 61.1 Å². The Labute approximate surface area is 179 Å². The Hall–Kier alpha value is -3.58. The minimum absolute atomic E-state index is 0.0827. The first-order valence-corrected chi connectivity index (χ1v) is 10.2. The lowest BCUT2D eigenvalue weighted by Gasteiger charge is -2.33. The van der Waals surface area contributed by atoms with Gasteiger partial charge in [-0.1, -0.05) is 12.1 Å². The highest BCUT2D eigenvalue weighted by atomic mass is 19.1. The number of nitrogen functional groups attached to an aromatic ring is 1. The molecule has 2 aromatic heterocycles. The summed E-state index contributed by atoms with van der Waals surface area (Å²) in [4.78, 5) is 14.9. The predicted molar refractivity (Wildman–Crippen MR) is 120 cm³/mol. The van der Waals surface area contributed by atoms with Gasteiger partial charge in [0.1, 0.15) is 18.0 Å². The maximum absolute atomic E-state index is 15.1. The smallest absolute Gasteiger partial charge is 0.147 e. The van der Waals surface area contributed by atoms with E-state index in [4.69, 9.17) is 10.5 Å². The van der Waals surface area contributed by atoms with Gasteiger partial charge < -0.3 is 15.4 Å². The van der Waals surface area contributed by atoms with Crippen molar-refractivity contribution in [2.75, 3.05) is 30.3 Å². The molecule has 0 spiro atoms. The maximum atomic E-state index is 15.1. The number of rotatable bonds is 3. The molecule has 31 heavy (non-hydrogen) atoms. The molecule has 2 aromatic carbocycles. The molecule has 0 radical (unpaired) electrons. The Kier molecular flexibility index (Phi) is 4.95. The van der Waals surface area contributed by atoms with Gasteiger partial charge in [0.15, 0.2) is 0 Å². The first-order chi connectivity index (χ1) is 15.1. The number of anilines is 2. The number of hydrogen-bond donors (Lipinski definition) is 1. The molecule has 6 nitrogen and oxygen atoms in total. The number of hydrogen-bond acceptors (Lipinski definition) is 6. The van der Waals surface area contributed by atoms with Gasteiger partial charge in [0, 0.05) is 30.2 Å². The largest absolute Gasteiger partial charge is 0.384 e. The van der Waals surface area contributed by atoms with E-state index in [1.54, 1.807) is 12.3 Å². The number of nitrogens with zero attached hydrogens (tertiary/aromatic N) is 4. The molecule has 0 aliphatic carbocycles. The lowest BCUT2D eigenvalue weighted by Crippen LogP contribution is -2.41. The summed E-state index contributed by atoms with van der Waals surface area (Å²) in [5.74, 6) is 0.189. The van der Waals surface area contributed by atoms with Crippen LogP contribution in [0.3, 0.4) is 0 Å². The van der Waals surface area contributed by atoms with E-state index in [9.17, 15) is 0 Å². The SMILES string of the molecule is C[C@H]1CN(c2ccc(-c3ncnc4ccc(-c5ccnc(N)c5)cc34)cc2F)CCO1. The number of nitrogens with two attached hydrogens (primary N) is 1. The molecule has 1 saturated heterocycles. The molecule has 156 valence electrons. The lowest BCUT2D eigenvalue weighted by atomic mass is 10.0. The third-order valence-electron chi connectivity index (χ3n) is 5.55. The van der Waals surface area contributed by atoms with Gasteiger partial charge in [0.05, 0.1) is 29.6 Å². The van der Waals surface area contributed by atoms with E-state index in [1.165, 1.54) is 6.33 Å². The Morgan fingerprint density at radius 1 is 1.00 bits per heavy atom. The fourth-order valence-electron chi connectivity index (χ4n) is 4.04. The van der Waals surface area contributed by atoms with Crippen LogP contribution in [0.25, 0.3) is 33.3 Å². The zero-order chi connectivity index (χ0) is 21.4. The van der Waals surface area contributed by atoms with Crippen LogP contribution in [0.4, 0.5) is 15.9 Å². The van der Waals surface area contributed by atoms with E-state index in [2.05, 4.69) is 15.0 Å². The summed E-state index contributed by atoms with van der Waals surface area (Å²) >= 11 is 0. The third-order valence-corrected chi connectivity index (χ3v) is 5.55. The average molecular weight is 415 g/mol. The Balaban J connectivity index is 1.56. The molecule has 1 atom stereocenters. The first-order valence-electron chi connectivity index (χ1n) is 10.2. The summed E-state index contributed by atoms with van der Waals surface area (Å²) in [6, 6.07) is 14.9. The summed E-state index contributed by atoms with van der Waals surface area (Å²) in [5, 5.41) is 0.850. The van der Waals surface area contributed by atoms with E-state index in [-0.39, 0.29) is 11.9 Å². The van der Waals surface area contributed by atoms with Crippen LogP contribution >= 0.6 is 0 Å². The van der Waals surface area contributed by atoms with Crippen molar-refractivity contribution in [3.8, 4) is 22.4 Å². The number of pyridine rings is 1. The first kappa shape index (κ1) is 19.4. The van der Waals surface area contributed by atoms with Crippen molar-refractivity contribution in [3.63, 3.8) is 0 Å². The normalized spacial score (nSPS) is 16.6. The molecule has 0 bridgehead atoms. The Bertz CT molecular complexity index is 1260. The quantitative estimate of drug-likeness (QED) is 0.537. The molecule has 1 aliphatic rings. The van der Waals surface area contributed by atoms with Crippen LogP contribution < -0.4 is 10.6 Å². The van der Waals surface area contributed by atoms with Crippen molar-refractivity contribution in [2.24, 2.45) is 0 Å². The number of halogens is 1. The molecule has 7 heteroatoms. The van der Waals surface area contributed by atoms with Gasteiger partial charge in [-0.25, -0.2) is 19.3 Å². The van der Waals surface area contributed by atoms with E-state index in [0.717, 1.165) is 22.0 Å². The fourth-order valence-corrected chi connectivity index (χ4v) is 4.04. The number of morpholine rings is 1. The van der Waals surface area contributed by atoms with Crippen LogP contribution in [0.2, 0.25) is 0 Å². The summed E-state index contributed by atoms with van der Waals surface area (Å²) < 4.78 is 20.7. The third kappa shape index (κ3) is 3.80. The van der Waals surface area contributed by atoms with Crippen LogP contribution in [0, 0.1) is 5.82 Å². The molecule has 0 unspecified atom stereocenters. The molecule has 2 N–H and O–H groups in total. The van der Waals surface area contributed by atoms with Crippen LogP contribution in [0.1, 0.15) is 6.92 Å². The number of fused-ring (bicyclic) bond motifs is 1. The van der Waals surface area contributed by atoms with Gasteiger partial charge in [-0.05, 0) is 54.4 Å². The van der Waals surface area contributed by atoms with Crippen LogP contribution in [-0.4, -0.2) is 40.8 Å². The molecule has 4 aromatic rings. The number of benzene rings is 2. The Morgan fingerprint density at radius 2 is 1.84 bits per heavy atom. The van der Waals surface area contributed by atoms with Gasteiger partial charge in [-0.15, -0.1) is 0 Å². The summed E-state index contributed by atoms with van der Waals surface area (Å²) in [7, 11) is 0. The number of aromatic nitrogens is 3. The maximum Gasteiger partial charge on any atom is 0.147 e. The Morgan fingerprint density at radius 3 is 2.65 bits per heavy atom. The van der Waals surface area contributed by atoms with Crippen molar-refractivity contribution < 1.29 is 9.13 Å². The molecular formula is C24H22FN5O. The van der Waals surface area contributed by atoms with Gasteiger partial charge in [-0.3, -0.25) is 0 Å². The van der Waals surface area contributed by atoms with E-state index < -0.39 is 0 Å². The van der Waals surface area contributed by atoms with Gasteiger partial charge in [-0.2, -0.15) is 0 Å². The monoisotopic (exact) mass is 415 g/mol. The molecule has 3 heterocycles. The average Bonchev–Trinajstić information content (AvgIpc) is 2.78. The van der Waals surface area contributed by atoms with Gasteiger partial charge in [0.25, 0.3) is 0 Å². The molecule has 0 amide bonds. The molecular weight excluding hydrogens is 393 g/mol. The predicted octanol–water partition coefficient (Wildman–Crippen LogP) is 4.31. The van der Waals surface area contributed by atoms with E-state index in [0.29, 0.717) is 42.5 Å². The molecule has 5 rings (SSSR count). The zero-order valence-electron chi connectivity index (χ0n) is 17.1. The van der Waals surface area contributed by atoms with Crippen LogP contribution in [-0.2, 0) is 4.74 Å². The van der Waals surface area contributed by atoms with Crippen LogP contribution in [0.5, 0.6) is 0 Å². The zero-order valence-corrected chi connectivity index (χ0v) is 17.1. The highest BCUT2D eigenvalue weighted by molar-refractivity contribution is 5.95. The van der Waals surface area contributed by atoms with Gasteiger partial charge >= 0.3 is 0 Å². The second-order valence-electron chi connectivity index (χ2n) is 7.72. The highest BCUT2D eigenvalue weighted by Gasteiger charge is 2.20. The summed E-state index contributed by atoms with van der Waals surface area (Å²) in [6.45, 7) is 3.95. The van der Waals surface area contributed by atoms with Gasteiger partial charge in [0.2, 0.25) is 0 Å². The minimum Gasteiger partial charge on any atom is -0.384 e. The van der Waals surface area contributed by atoms with Crippen molar-refractivity contribution in [1.82, 2.24) is 15.0 Å². The molecule has 0 saturated carbocycles. The topological polar surface area (TPSA) is 77.2 Å². The van der Waals surface area contributed by atoms with Crippen molar-refractivity contribution in [2.45, 2.75) is 13.0 Å². The number of ether oxygens (including phenoxy) is 1. The minimum atomic E-state index is -0.267. The second kappa shape index (κ2) is 7.92. The van der Waals surface area contributed by atoms with E-state index in [1.807, 2.05) is 54.3 Å². The molecule has 1 fully saturated rings. The standard InChI is InChI=1S/C24H22FN5O/c1-15-13-30(8-9-31-15)22-5-3-18(11-20(22)25)24-19-10-16(2-4-21(19)28-14-29-24)17-6-7-27-23(26)12-17/h2-7,10-12,14-15H,8-9,13H2,1H3,(H2,26,27)/t15-/m0/s1.